The second kappa shape index (κ2) is 10.4. The van der Waals surface area contributed by atoms with Crippen molar-refractivity contribution in [3.63, 3.8) is 0 Å². The fourth-order valence-corrected chi connectivity index (χ4v) is 3.35. The molecule has 8 heteroatoms. The van der Waals surface area contributed by atoms with Crippen LogP contribution in [0.3, 0.4) is 0 Å². The maximum Gasteiger partial charge on any atom is 0.340 e. The van der Waals surface area contributed by atoms with Gasteiger partial charge in [0.15, 0.2) is 0 Å². The Balaban J connectivity index is 1.69. The molecule has 4 rings (SSSR count). The van der Waals surface area contributed by atoms with Crippen molar-refractivity contribution >= 4 is 40.9 Å². The predicted octanol–water partition coefficient (Wildman–Crippen LogP) is 5.90. The standard InChI is InChI=1S/C26H26N6O2/c1-4-34-23(33)21-13-5-6-14-22(21)29-26-31-24(27-19-11-7-9-17(2)15-19)30-25(32-26)28-20-12-8-10-18(3)16-20/h5-16H,4H2,1-3H3,(H3,27,28,29,30,31,32). The summed E-state index contributed by atoms with van der Waals surface area (Å²) in [6, 6.07) is 22.9. The van der Waals surface area contributed by atoms with Crippen LogP contribution in [-0.2, 0) is 4.74 Å². The van der Waals surface area contributed by atoms with Gasteiger partial charge in [-0.2, -0.15) is 15.0 Å². The second-order valence-electron chi connectivity index (χ2n) is 7.69. The summed E-state index contributed by atoms with van der Waals surface area (Å²) in [5.74, 6) is 0.562. The van der Waals surface area contributed by atoms with E-state index in [0.29, 0.717) is 23.1 Å². The SMILES string of the molecule is CCOC(=O)c1ccccc1Nc1nc(Nc2cccc(C)c2)nc(Nc2cccc(C)c2)n1. The number of rotatable bonds is 8. The summed E-state index contributed by atoms with van der Waals surface area (Å²) in [4.78, 5) is 26.0. The number of anilines is 6. The Bertz CT molecular complexity index is 1240. The summed E-state index contributed by atoms with van der Waals surface area (Å²) in [5, 5.41) is 9.61. The van der Waals surface area contributed by atoms with Crippen molar-refractivity contribution in [2.24, 2.45) is 0 Å². The summed E-state index contributed by atoms with van der Waals surface area (Å²) in [6.45, 7) is 6.09. The van der Waals surface area contributed by atoms with Gasteiger partial charge in [-0.15, -0.1) is 0 Å². The lowest BCUT2D eigenvalue weighted by Gasteiger charge is -2.13. The van der Waals surface area contributed by atoms with Gasteiger partial charge < -0.3 is 20.7 Å². The average Bonchev–Trinajstić information content (AvgIpc) is 2.79. The van der Waals surface area contributed by atoms with Gasteiger partial charge in [0, 0.05) is 11.4 Å². The van der Waals surface area contributed by atoms with Gasteiger partial charge in [0.05, 0.1) is 17.9 Å². The Hall–Kier alpha value is -4.46. The highest BCUT2D eigenvalue weighted by molar-refractivity contribution is 5.96. The van der Waals surface area contributed by atoms with Crippen LogP contribution in [0.4, 0.5) is 34.9 Å². The van der Waals surface area contributed by atoms with Gasteiger partial charge in [-0.25, -0.2) is 4.79 Å². The van der Waals surface area contributed by atoms with Crippen LogP contribution in [0.25, 0.3) is 0 Å². The van der Waals surface area contributed by atoms with Crippen molar-refractivity contribution in [3.8, 4) is 0 Å². The summed E-state index contributed by atoms with van der Waals surface area (Å²) in [7, 11) is 0. The number of aromatic nitrogens is 3. The summed E-state index contributed by atoms with van der Waals surface area (Å²) >= 11 is 0. The molecule has 0 fully saturated rings. The Labute approximate surface area is 198 Å². The van der Waals surface area contributed by atoms with Crippen LogP contribution in [-0.4, -0.2) is 27.5 Å². The fraction of sp³-hybridized carbons (Fsp3) is 0.154. The lowest BCUT2D eigenvalue weighted by atomic mass is 10.2. The zero-order chi connectivity index (χ0) is 23.9. The third-order valence-electron chi connectivity index (χ3n) is 4.85. The van der Waals surface area contributed by atoms with Gasteiger partial charge in [-0.1, -0.05) is 36.4 Å². The van der Waals surface area contributed by atoms with Gasteiger partial charge in [0.2, 0.25) is 17.8 Å². The van der Waals surface area contributed by atoms with E-state index in [9.17, 15) is 4.79 Å². The summed E-state index contributed by atoms with van der Waals surface area (Å²) in [6.07, 6.45) is 0. The molecule has 0 bridgehead atoms. The Morgan fingerprint density at radius 1 is 0.735 bits per heavy atom. The zero-order valence-corrected chi connectivity index (χ0v) is 19.3. The largest absolute Gasteiger partial charge is 0.462 e. The van der Waals surface area contributed by atoms with Crippen LogP contribution in [0.2, 0.25) is 0 Å². The molecule has 0 unspecified atom stereocenters. The number of ether oxygens (including phenoxy) is 1. The van der Waals surface area contributed by atoms with Crippen molar-refractivity contribution in [1.29, 1.82) is 0 Å². The minimum atomic E-state index is -0.420. The van der Waals surface area contributed by atoms with E-state index in [1.54, 1.807) is 25.1 Å². The molecule has 0 saturated carbocycles. The number of carbonyl (C=O) groups excluding carboxylic acids is 1. The van der Waals surface area contributed by atoms with Gasteiger partial charge in [0.25, 0.3) is 0 Å². The van der Waals surface area contributed by atoms with Gasteiger partial charge in [0.1, 0.15) is 0 Å². The average molecular weight is 455 g/mol. The molecule has 1 heterocycles. The van der Waals surface area contributed by atoms with E-state index < -0.39 is 5.97 Å². The van der Waals surface area contributed by atoms with Crippen LogP contribution in [0.15, 0.2) is 72.8 Å². The first-order valence-electron chi connectivity index (χ1n) is 11.0. The van der Waals surface area contributed by atoms with E-state index in [1.165, 1.54) is 0 Å². The normalized spacial score (nSPS) is 10.4. The lowest BCUT2D eigenvalue weighted by molar-refractivity contribution is 0.0527. The molecular weight excluding hydrogens is 428 g/mol. The topological polar surface area (TPSA) is 101 Å². The van der Waals surface area contributed by atoms with Crippen molar-refractivity contribution in [2.45, 2.75) is 20.8 Å². The number of aryl methyl sites for hydroxylation is 2. The predicted molar refractivity (Wildman–Crippen MR) is 134 cm³/mol. The highest BCUT2D eigenvalue weighted by Crippen LogP contribution is 2.24. The minimum Gasteiger partial charge on any atom is -0.462 e. The van der Waals surface area contributed by atoms with Crippen LogP contribution in [0.1, 0.15) is 28.4 Å². The third-order valence-corrected chi connectivity index (χ3v) is 4.85. The number of nitrogens with zero attached hydrogens (tertiary/aromatic N) is 3. The van der Waals surface area contributed by atoms with Crippen molar-refractivity contribution in [3.05, 3.63) is 89.5 Å². The molecule has 1 aromatic heterocycles. The first-order valence-corrected chi connectivity index (χ1v) is 11.0. The summed E-state index contributed by atoms with van der Waals surface area (Å²) < 4.78 is 5.18. The molecule has 3 aromatic carbocycles. The third kappa shape index (κ3) is 5.86. The number of carbonyl (C=O) groups is 1. The molecule has 0 saturated heterocycles. The number of benzene rings is 3. The second-order valence-corrected chi connectivity index (χ2v) is 7.69. The molecule has 0 amide bonds. The number of para-hydroxylation sites is 1. The van der Waals surface area contributed by atoms with Gasteiger partial charge in [-0.3, -0.25) is 0 Å². The lowest BCUT2D eigenvalue weighted by Crippen LogP contribution is -2.11. The molecule has 172 valence electrons. The highest BCUT2D eigenvalue weighted by atomic mass is 16.5. The van der Waals surface area contributed by atoms with Crippen molar-refractivity contribution in [1.82, 2.24) is 15.0 Å². The van der Waals surface area contributed by atoms with Crippen LogP contribution in [0, 0.1) is 13.8 Å². The number of hydrogen-bond donors (Lipinski definition) is 3. The highest BCUT2D eigenvalue weighted by Gasteiger charge is 2.14. The smallest absolute Gasteiger partial charge is 0.340 e. The number of esters is 1. The molecule has 0 aliphatic heterocycles. The first kappa shape index (κ1) is 22.7. The zero-order valence-electron chi connectivity index (χ0n) is 19.3. The van der Waals surface area contributed by atoms with Crippen LogP contribution < -0.4 is 16.0 Å². The molecule has 34 heavy (non-hydrogen) atoms. The molecule has 0 aliphatic rings. The van der Waals surface area contributed by atoms with E-state index in [0.717, 1.165) is 22.5 Å². The minimum absolute atomic E-state index is 0.275. The molecule has 0 atom stereocenters. The fourth-order valence-electron chi connectivity index (χ4n) is 3.35. The number of nitrogens with one attached hydrogen (secondary N) is 3. The van der Waals surface area contributed by atoms with Crippen LogP contribution in [0.5, 0.6) is 0 Å². The van der Waals surface area contributed by atoms with Crippen molar-refractivity contribution in [2.75, 3.05) is 22.6 Å². The Morgan fingerprint density at radius 2 is 1.26 bits per heavy atom. The van der Waals surface area contributed by atoms with E-state index >= 15 is 0 Å². The maximum atomic E-state index is 12.4. The van der Waals surface area contributed by atoms with Crippen LogP contribution >= 0.6 is 0 Å². The maximum absolute atomic E-state index is 12.4. The van der Waals surface area contributed by atoms with E-state index in [2.05, 4.69) is 30.9 Å². The van der Waals surface area contributed by atoms with E-state index in [-0.39, 0.29) is 12.6 Å². The Kier molecular flexibility index (Phi) is 6.98. The molecule has 0 radical (unpaired) electrons. The van der Waals surface area contributed by atoms with Crippen molar-refractivity contribution < 1.29 is 9.53 Å². The monoisotopic (exact) mass is 454 g/mol. The molecule has 0 spiro atoms. The molecular formula is C26H26N6O2. The van der Waals surface area contributed by atoms with Gasteiger partial charge in [-0.05, 0) is 68.3 Å². The Morgan fingerprint density at radius 3 is 1.79 bits per heavy atom. The first-order chi connectivity index (χ1) is 16.5. The molecule has 8 nitrogen and oxygen atoms in total. The molecule has 4 aromatic rings. The summed E-state index contributed by atoms with van der Waals surface area (Å²) in [5.41, 5.74) is 4.86. The van der Waals surface area contributed by atoms with E-state index in [1.807, 2.05) is 68.4 Å². The quantitative estimate of drug-likeness (QED) is 0.283. The van der Waals surface area contributed by atoms with Gasteiger partial charge >= 0.3 is 5.97 Å². The molecule has 3 N–H and O–H groups in total. The van der Waals surface area contributed by atoms with E-state index in [4.69, 9.17) is 4.74 Å². The number of hydrogen-bond acceptors (Lipinski definition) is 8. The molecule has 0 aliphatic carbocycles.